The first-order valence-electron chi connectivity index (χ1n) is 5.21. The van der Waals surface area contributed by atoms with E-state index in [9.17, 15) is 0 Å². The molecule has 0 saturated carbocycles. The molecule has 2 aliphatic rings. The molecule has 0 aromatic heterocycles. The van der Waals surface area contributed by atoms with Gasteiger partial charge in [0.25, 0.3) is 0 Å². The number of aryl methyl sites for hydroxylation is 1. The SMILES string of the molecule is C1=COCN1.NC1CCc2ccccc21. The summed E-state index contributed by atoms with van der Waals surface area (Å²) in [5.74, 6) is 0. The van der Waals surface area contributed by atoms with Gasteiger partial charge in [-0.05, 0) is 24.0 Å². The summed E-state index contributed by atoms with van der Waals surface area (Å²) in [6.07, 6.45) is 5.68. The van der Waals surface area contributed by atoms with Crippen LogP contribution in [0, 0.1) is 0 Å². The molecule has 0 amide bonds. The summed E-state index contributed by atoms with van der Waals surface area (Å²) in [5, 5.41) is 2.82. The van der Waals surface area contributed by atoms with Crippen molar-refractivity contribution in [3.63, 3.8) is 0 Å². The fourth-order valence-electron chi connectivity index (χ4n) is 1.83. The van der Waals surface area contributed by atoms with Gasteiger partial charge in [0.2, 0.25) is 0 Å². The quantitative estimate of drug-likeness (QED) is 0.675. The Labute approximate surface area is 89.9 Å². The minimum atomic E-state index is 0.302. The topological polar surface area (TPSA) is 47.3 Å². The van der Waals surface area contributed by atoms with Crippen LogP contribution >= 0.6 is 0 Å². The van der Waals surface area contributed by atoms with E-state index in [0.717, 1.165) is 12.8 Å². The van der Waals surface area contributed by atoms with Crippen LogP contribution in [0.2, 0.25) is 0 Å². The zero-order valence-electron chi connectivity index (χ0n) is 8.65. The van der Waals surface area contributed by atoms with E-state index in [2.05, 4.69) is 34.3 Å². The van der Waals surface area contributed by atoms with Crippen LogP contribution in [-0.4, -0.2) is 6.73 Å². The maximum absolute atomic E-state index is 5.85. The number of ether oxygens (including phenoxy) is 1. The third-order valence-corrected chi connectivity index (χ3v) is 2.63. The van der Waals surface area contributed by atoms with Crippen molar-refractivity contribution in [3.05, 3.63) is 47.9 Å². The lowest BCUT2D eigenvalue weighted by molar-refractivity contribution is 0.267. The molecule has 15 heavy (non-hydrogen) atoms. The Balaban J connectivity index is 0.000000144. The van der Waals surface area contributed by atoms with Gasteiger partial charge in [-0.25, -0.2) is 0 Å². The Morgan fingerprint density at radius 2 is 2.20 bits per heavy atom. The summed E-state index contributed by atoms with van der Waals surface area (Å²) in [4.78, 5) is 0. The molecule has 80 valence electrons. The Morgan fingerprint density at radius 1 is 1.33 bits per heavy atom. The second kappa shape index (κ2) is 4.84. The molecule has 0 bridgehead atoms. The summed E-state index contributed by atoms with van der Waals surface area (Å²) >= 11 is 0. The number of hydrogen-bond donors (Lipinski definition) is 2. The van der Waals surface area contributed by atoms with Crippen molar-refractivity contribution in [2.24, 2.45) is 5.73 Å². The van der Waals surface area contributed by atoms with Gasteiger partial charge < -0.3 is 15.8 Å². The number of fused-ring (bicyclic) bond motifs is 1. The number of rotatable bonds is 0. The van der Waals surface area contributed by atoms with Crippen molar-refractivity contribution in [2.75, 3.05) is 6.73 Å². The number of nitrogens with one attached hydrogen (secondary N) is 1. The molecule has 1 aromatic carbocycles. The van der Waals surface area contributed by atoms with Crippen molar-refractivity contribution >= 4 is 0 Å². The predicted octanol–water partition coefficient (Wildman–Crippen LogP) is 1.67. The molecule has 0 radical (unpaired) electrons. The van der Waals surface area contributed by atoms with Gasteiger partial charge in [0.1, 0.15) is 6.26 Å². The number of nitrogens with two attached hydrogens (primary N) is 1. The Morgan fingerprint density at radius 3 is 2.80 bits per heavy atom. The van der Waals surface area contributed by atoms with Gasteiger partial charge in [0, 0.05) is 12.2 Å². The summed E-state index contributed by atoms with van der Waals surface area (Å²) in [6, 6.07) is 8.74. The normalized spacial score (nSPS) is 21.0. The molecule has 1 heterocycles. The highest BCUT2D eigenvalue weighted by atomic mass is 16.5. The molecule has 1 aliphatic heterocycles. The van der Waals surface area contributed by atoms with E-state index in [-0.39, 0.29) is 0 Å². The monoisotopic (exact) mass is 204 g/mol. The van der Waals surface area contributed by atoms with Gasteiger partial charge >= 0.3 is 0 Å². The molecule has 3 rings (SSSR count). The molecule has 1 aliphatic carbocycles. The van der Waals surface area contributed by atoms with Crippen LogP contribution in [-0.2, 0) is 11.2 Å². The highest BCUT2D eigenvalue weighted by Crippen LogP contribution is 2.28. The van der Waals surface area contributed by atoms with E-state index in [4.69, 9.17) is 5.73 Å². The van der Waals surface area contributed by atoms with E-state index in [1.165, 1.54) is 11.1 Å². The van der Waals surface area contributed by atoms with Gasteiger partial charge in [-0.2, -0.15) is 0 Å². The lowest BCUT2D eigenvalue weighted by Crippen LogP contribution is -2.04. The molecule has 1 unspecified atom stereocenters. The van der Waals surface area contributed by atoms with Gasteiger partial charge in [-0.1, -0.05) is 24.3 Å². The van der Waals surface area contributed by atoms with Crippen LogP contribution < -0.4 is 11.1 Å². The number of hydrogen-bond acceptors (Lipinski definition) is 3. The lowest BCUT2D eigenvalue weighted by Gasteiger charge is -2.01. The fourth-order valence-corrected chi connectivity index (χ4v) is 1.83. The fraction of sp³-hybridized carbons (Fsp3) is 0.333. The lowest BCUT2D eigenvalue weighted by atomic mass is 10.1. The first kappa shape index (κ1) is 10.1. The molecular weight excluding hydrogens is 188 g/mol. The van der Waals surface area contributed by atoms with Gasteiger partial charge in [0.05, 0.1) is 0 Å². The second-order valence-corrected chi connectivity index (χ2v) is 3.66. The third kappa shape index (κ3) is 2.50. The molecule has 3 heteroatoms. The standard InChI is InChI=1S/C9H11N.C3H5NO/c10-9-6-5-7-3-1-2-4-8(7)9;1-2-5-3-4-1/h1-4,9H,5-6,10H2;1-2,4H,3H2. The van der Waals surface area contributed by atoms with Crippen molar-refractivity contribution in [1.82, 2.24) is 5.32 Å². The highest BCUT2D eigenvalue weighted by Gasteiger charge is 2.16. The first-order valence-corrected chi connectivity index (χ1v) is 5.21. The van der Waals surface area contributed by atoms with Crippen LogP contribution in [0.4, 0.5) is 0 Å². The Bertz CT molecular complexity index is 343. The largest absolute Gasteiger partial charge is 0.479 e. The molecule has 3 nitrogen and oxygen atoms in total. The Kier molecular flexibility index (Phi) is 3.25. The maximum atomic E-state index is 5.85. The zero-order chi connectivity index (χ0) is 10.5. The smallest absolute Gasteiger partial charge is 0.157 e. The highest BCUT2D eigenvalue weighted by molar-refractivity contribution is 5.33. The summed E-state index contributed by atoms with van der Waals surface area (Å²) in [6.45, 7) is 0.639. The van der Waals surface area contributed by atoms with Gasteiger partial charge in [0.15, 0.2) is 6.73 Å². The van der Waals surface area contributed by atoms with E-state index in [1.54, 1.807) is 12.5 Å². The summed E-state index contributed by atoms with van der Waals surface area (Å²) in [5.41, 5.74) is 8.64. The van der Waals surface area contributed by atoms with E-state index < -0.39 is 0 Å². The second-order valence-electron chi connectivity index (χ2n) is 3.66. The van der Waals surface area contributed by atoms with Crippen molar-refractivity contribution in [3.8, 4) is 0 Å². The minimum Gasteiger partial charge on any atom is -0.479 e. The molecule has 0 spiro atoms. The molecule has 1 atom stereocenters. The maximum Gasteiger partial charge on any atom is 0.157 e. The predicted molar refractivity (Wildman–Crippen MR) is 59.9 cm³/mol. The van der Waals surface area contributed by atoms with Crippen molar-refractivity contribution in [2.45, 2.75) is 18.9 Å². The van der Waals surface area contributed by atoms with Crippen molar-refractivity contribution < 1.29 is 4.74 Å². The van der Waals surface area contributed by atoms with Crippen LogP contribution in [0.15, 0.2) is 36.7 Å². The first-order chi connectivity index (χ1) is 7.38. The average Bonchev–Trinajstić information content (AvgIpc) is 2.92. The van der Waals surface area contributed by atoms with E-state index >= 15 is 0 Å². The van der Waals surface area contributed by atoms with Crippen LogP contribution in [0.1, 0.15) is 23.6 Å². The van der Waals surface area contributed by atoms with Gasteiger partial charge in [-0.3, -0.25) is 0 Å². The van der Waals surface area contributed by atoms with Crippen LogP contribution in [0.25, 0.3) is 0 Å². The van der Waals surface area contributed by atoms with Crippen molar-refractivity contribution in [1.29, 1.82) is 0 Å². The molecule has 1 aromatic rings. The molecule has 0 saturated heterocycles. The number of benzene rings is 1. The van der Waals surface area contributed by atoms with Crippen LogP contribution in [0.5, 0.6) is 0 Å². The third-order valence-electron chi connectivity index (χ3n) is 2.63. The van der Waals surface area contributed by atoms with E-state index in [0.29, 0.717) is 12.8 Å². The molecular formula is C12H16N2O. The summed E-state index contributed by atoms with van der Waals surface area (Å²) < 4.78 is 4.65. The zero-order valence-corrected chi connectivity index (χ0v) is 8.65. The summed E-state index contributed by atoms with van der Waals surface area (Å²) in [7, 11) is 0. The van der Waals surface area contributed by atoms with Crippen LogP contribution in [0.3, 0.4) is 0 Å². The Hall–Kier alpha value is -1.48. The van der Waals surface area contributed by atoms with Gasteiger partial charge in [-0.15, -0.1) is 0 Å². The van der Waals surface area contributed by atoms with E-state index in [1.807, 2.05) is 0 Å². The molecule has 0 fully saturated rings. The molecule has 3 N–H and O–H groups in total. The minimum absolute atomic E-state index is 0.302. The average molecular weight is 204 g/mol.